The summed E-state index contributed by atoms with van der Waals surface area (Å²) >= 11 is 0. The molecule has 0 atom stereocenters. The average molecular weight is 191 g/mol. The summed E-state index contributed by atoms with van der Waals surface area (Å²) in [6.07, 6.45) is 4.92. The fraction of sp³-hybridized carbons (Fsp3) is 0.200. The molecule has 0 bridgehead atoms. The van der Waals surface area contributed by atoms with Gasteiger partial charge in [-0.25, -0.2) is 0 Å². The monoisotopic (exact) mass is 191 g/mol. The first-order valence-corrected chi connectivity index (χ1v) is 4.19. The Morgan fingerprint density at radius 1 is 1.71 bits per heavy atom. The van der Waals surface area contributed by atoms with Crippen molar-refractivity contribution >= 4 is 11.5 Å². The van der Waals surface area contributed by atoms with E-state index in [0.717, 1.165) is 5.56 Å². The molecule has 1 aromatic rings. The van der Waals surface area contributed by atoms with E-state index in [1.807, 2.05) is 13.1 Å². The topological polar surface area (TPSA) is 60.9 Å². The molecule has 1 heterocycles. The van der Waals surface area contributed by atoms with Gasteiger partial charge in [0, 0.05) is 13.2 Å². The minimum Gasteiger partial charge on any atom is -0.366 e. The van der Waals surface area contributed by atoms with E-state index in [1.54, 1.807) is 17.8 Å². The molecule has 1 rings (SSSR count). The first kappa shape index (κ1) is 10.2. The zero-order chi connectivity index (χ0) is 10.7. The third-order valence-corrected chi connectivity index (χ3v) is 1.82. The highest BCUT2D eigenvalue weighted by molar-refractivity contribution is 6.18. The average Bonchev–Trinajstić information content (AvgIpc) is 2.40. The van der Waals surface area contributed by atoms with E-state index in [9.17, 15) is 4.79 Å². The van der Waals surface area contributed by atoms with Crippen molar-refractivity contribution in [2.24, 2.45) is 12.8 Å². The summed E-state index contributed by atoms with van der Waals surface area (Å²) in [5.74, 6) is -0.494. The number of allylic oxidation sites excluding steroid dienone is 2. The maximum atomic E-state index is 11.1. The van der Waals surface area contributed by atoms with Crippen molar-refractivity contribution in [1.82, 2.24) is 9.78 Å². The van der Waals surface area contributed by atoms with E-state index in [4.69, 9.17) is 5.73 Å². The van der Waals surface area contributed by atoms with Gasteiger partial charge >= 0.3 is 0 Å². The fourth-order valence-corrected chi connectivity index (χ4v) is 1.27. The van der Waals surface area contributed by atoms with Gasteiger partial charge in [0.05, 0.1) is 5.57 Å². The molecule has 4 heteroatoms. The van der Waals surface area contributed by atoms with E-state index < -0.39 is 5.91 Å². The number of primary amides is 1. The molecular weight excluding hydrogens is 178 g/mol. The van der Waals surface area contributed by atoms with Crippen LogP contribution in [-0.4, -0.2) is 15.7 Å². The van der Waals surface area contributed by atoms with E-state index in [-0.39, 0.29) is 0 Å². The van der Waals surface area contributed by atoms with Crippen molar-refractivity contribution in [3.05, 3.63) is 36.2 Å². The van der Waals surface area contributed by atoms with Crippen molar-refractivity contribution in [3.8, 4) is 0 Å². The number of carbonyl (C=O) groups excluding carboxylic acids is 1. The van der Waals surface area contributed by atoms with E-state index in [0.29, 0.717) is 11.3 Å². The highest BCUT2D eigenvalue weighted by Crippen LogP contribution is 2.15. The van der Waals surface area contributed by atoms with Crippen molar-refractivity contribution in [2.75, 3.05) is 0 Å². The van der Waals surface area contributed by atoms with E-state index in [1.165, 1.54) is 6.08 Å². The molecule has 74 valence electrons. The summed E-state index contributed by atoms with van der Waals surface area (Å²) in [7, 11) is 1.79. The number of aromatic nitrogens is 2. The van der Waals surface area contributed by atoms with Crippen LogP contribution in [0.1, 0.15) is 11.3 Å². The third kappa shape index (κ3) is 1.90. The van der Waals surface area contributed by atoms with Crippen LogP contribution in [0, 0.1) is 6.92 Å². The molecule has 14 heavy (non-hydrogen) atoms. The van der Waals surface area contributed by atoms with E-state index in [2.05, 4.69) is 11.7 Å². The normalized spacial score (nSPS) is 11.4. The minimum atomic E-state index is -0.494. The number of nitrogens with zero attached hydrogens (tertiary/aromatic N) is 2. The SMILES string of the molecule is C=C/C=C(/C(N)=O)c1nn(C)cc1C. The van der Waals surface area contributed by atoms with Crippen LogP contribution in [0.4, 0.5) is 0 Å². The van der Waals surface area contributed by atoms with Gasteiger partial charge in [0.1, 0.15) is 5.69 Å². The summed E-state index contributed by atoms with van der Waals surface area (Å²) in [4.78, 5) is 11.1. The fourth-order valence-electron chi connectivity index (χ4n) is 1.27. The Morgan fingerprint density at radius 2 is 2.36 bits per heavy atom. The lowest BCUT2D eigenvalue weighted by Gasteiger charge is -1.98. The van der Waals surface area contributed by atoms with Crippen molar-refractivity contribution < 1.29 is 4.79 Å². The lowest BCUT2D eigenvalue weighted by atomic mass is 10.1. The predicted molar refractivity (Wildman–Crippen MR) is 55.3 cm³/mol. The van der Waals surface area contributed by atoms with Gasteiger partial charge in [0.25, 0.3) is 5.91 Å². The van der Waals surface area contributed by atoms with Crippen LogP contribution in [0.3, 0.4) is 0 Å². The molecule has 1 amide bonds. The molecule has 1 aromatic heterocycles. The second-order valence-corrected chi connectivity index (χ2v) is 3.01. The van der Waals surface area contributed by atoms with Crippen molar-refractivity contribution in [2.45, 2.75) is 6.92 Å². The molecule has 0 saturated heterocycles. The van der Waals surface area contributed by atoms with Crippen molar-refractivity contribution in [3.63, 3.8) is 0 Å². The number of amides is 1. The number of hydrogen-bond donors (Lipinski definition) is 1. The summed E-state index contributed by atoms with van der Waals surface area (Å²) < 4.78 is 1.64. The van der Waals surface area contributed by atoms with Gasteiger partial charge in [-0.15, -0.1) is 0 Å². The largest absolute Gasteiger partial charge is 0.366 e. The van der Waals surface area contributed by atoms with Crippen molar-refractivity contribution in [1.29, 1.82) is 0 Å². The molecule has 0 saturated carbocycles. The number of rotatable bonds is 3. The maximum absolute atomic E-state index is 11.1. The van der Waals surface area contributed by atoms with Gasteiger partial charge in [0.2, 0.25) is 0 Å². The lowest BCUT2D eigenvalue weighted by Crippen LogP contribution is -2.14. The molecule has 0 radical (unpaired) electrons. The number of hydrogen-bond acceptors (Lipinski definition) is 2. The maximum Gasteiger partial charge on any atom is 0.250 e. The van der Waals surface area contributed by atoms with Crippen LogP contribution in [0.2, 0.25) is 0 Å². The predicted octanol–water partition coefficient (Wildman–Crippen LogP) is 0.783. The van der Waals surface area contributed by atoms with Crippen LogP contribution >= 0.6 is 0 Å². The molecule has 4 nitrogen and oxygen atoms in total. The molecule has 0 aromatic carbocycles. The van der Waals surface area contributed by atoms with Gasteiger partial charge in [-0.05, 0) is 18.6 Å². The Balaban J connectivity index is 3.25. The highest BCUT2D eigenvalue weighted by atomic mass is 16.1. The Hall–Kier alpha value is -1.84. The first-order chi connectivity index (χ1) is 6.56. The molecule has 0 aliphatic carbocycles. The lowest BCUT2D eigenvalue weighted by molar-refractivity contribution is -0.112. The van der Waals surface area contributed by atoms with Gasteiger partial charge in [-0.1, -0.05) is 12.7 Å². The first-order valence-electron chi connectivity index (χ1n) is 4.19. The Morgan fingerprint density at radius 3 is 2.71 bits per heavy atom. The summed E-state index contributed by atoms with van der Waals surface area (Å²) in [5, 5.41) is 4.15. The third-order valence-electron chi connectivity index (χ3n) is 1.82. The van der Waals surface area contributed by atoms with Crippen LogP contribution in [0.25, 0.3) is 5.57 Å². The van der Waals surface area contributed by atoms with Gasteiger partial charge in [-0.3, -0.25) is 9.48 Å². The number of aryl methyl sites for hydroxylation is 2. The minimum absolute atomic E-state index is 0.387. The molecule has 0 aliphatic rings. The van der Waals surface area contributed by atoms with Crippen LogP contribution in [-0.2, 0) is 11.8 Å². The molecule has 0 fully saturated rings. The zero-order valence-electron chi connectivity index (χ0n) is 8.32. The number of nitrogens with two attached hydrogens (primary N) is 1. The van der Waals surface area contributed by atoms with Gasteiger partial charge in [0.15, 0.2) is 0 Å². The summed E-state index contributed by atoms with van der Waals surface area (Å²) in [5.41, 5.74) is 7.14. The molecule has 0 spiro atoms. The highest BCUT2D eigenvalue weighted by Gasteiger charge is 2.13. The Kier molecular flexibility index (Phi) is 2.86. The van der Waals surface area contributed by atoms with Gasteiger partial charge in [-0.2, -0.15) is 5.10 Å². The Labute approximate surface area is 82.7 Å². The summed E-state index contributed by atoms with van der Waals surface area (Å²) in [6, 6.07) is 0. The standard InChI is InChI=1S/C10H13N3O/c1-4-5-8(10(11)14)9-7(2)6-13(3)12-9/h4-6H,1H2,2-3H3,(H2,11,14)/b8-5+. The van der Waals surface area contributed by atoms with Gasteiger partial charge < -0.3 is 5.73 Å². The van der Waals surface area contributed by atoms with Crippen LogP contribution in [0.15, 0.2) is 24.9 Å². The quantitative estimate of drug-likeness (QED) is 0.567. The molecule has 0 unspecified atom stereocenters. The zero-order valence-corrected chi connectivity index (χ0v) is 8.32. The van der Waals surface area contributed by atoms with E-state index >= 15 is 0 Å². The molecule has 0 aliphatic heterocycles. The summed E-state index contributed by atoms with van der Waals surface area (Å²) in [6.45, 7) is 5.40. The van der Waals surface area contributed by atoms with Crippen LogP contribution < -0.4 is 5.73 Å². The second kappa shape index (κ2) is 3.91. The smallest absolute Gasteiger partial charge is 0.250 e. The second-order valence-electron chi connectivity index (χ2n) is 3.01. The molecule has 2 N–H and O–H groups in total. The number of carbonyl (C=O) groups is 1. The van der Waals surface area contributed by atoms with Crippen LogP contribution in [0.5, 0.6) is 0 Å². The Bertz CT molecular complexity index is 401. The molecular formula is C10H13N3O.